The molecule has 278 valence electrons. The summed E-state index contributed by atoms with van der Waals surface area (Å²) in [5, 5.41) is 18.6. The van der Waals surface area contributed by atoms with Gasteiger partial charge in [0.2, 0.25) is 23.5 Å². The molecular weight excluding hydrogens is 642 g/mol. The lowest BCUT2D eigenvalue weighted by Crippen LogP contribution is -2.61. The summed E-state index contributed by atoms with van der Waals surface area (Å²) in [7, 11) is 1.61. The van der Waals surface area contributed by atoms with E-state index >= 15 is 0 Å². The van der Waals surface area contributed by atoms with Gasteiger partial charge in [-0.2, -0.15) is 0 Å². The molecule has 1 unspecified atom stereocenters. The molecule has 3 aliphatic rings. The lowest BCUT2D eigenvalue weighted by atomic mass is 9.83. The van der Waals surface area contributed by atoms with Crippen LogP contribution in [0, 0.1) is 28.6 Å². The van der Waals surface area contributed by atoms with E-state index in [0.717, 1.165) is 32.1 Å². The molecule has 1 saturated heterocycles. The van der Waals surface area contributed by atoms with Crippen LogP contribution >= 0.6 is 0 Å². The summed E-state index contributed by atoms with van der Waals surface area (Å²) < 4.78 is 1.17. The van der Waals surface area contributed by atoms with Crippen LogP contribution in [0.25, 0.3) is 0 Å². The summed E-state index contributed by atoms with van der Waals surface area (Å²) in [6.45, 7) is 15.8. The third kappa shape index (κ3) is 8.10. The highest BCUT2D eigenvalue weighted by molar-refractivity contribution is 6.38. The molecule has 4 rings (SSSR count). The Kier molecular flexibility index (Phi) is 11.9. The van der Waals surface area contributed by atoms with Gasteiger partial charge in [0.1, 0.15) is 12.1 Å². The second-order valence-electron chi connectivity index (χ2n) is 16.0. The van der Waals surface area contributed by atoms with Crippen molar-refractivity contribution in [2.24, 2.45) is 28.6 Å². The van der Waals surface area contributed by atoms with Crippen molar-refractivity contribution in [1.29, 1.82) is 0 Å². The van der Waals surface area contributed by atoms with E-state index < -0.39 is 58.9 Å². The number of hydrogen-bond donors (Lipinski definition) is 5. The molecule has 50 heavy (non-hydrogen) atoms. The van der Waals surface area contributed by atoms with Crippen LogP contribution < -0.4 is 21.6 Å². The standard InChI is InChI=1S/C36H57N7O7/c1-9-14-23(29(45)31(47)37-17-10-2)39-30(46)28-26-22(36(26,6)7)19-43(28)32(48)27(21-15-12-11-13-16-21)40-34(50)41(8)24(35(3,4)5)20-42-25(44)18-38-33(42)49/h10,18,21-24,26-28,44H,2,9,11-17,19-20H2,1,3-8H3,(H,37,47)(H,38,49)(H,39,46)(H,40,50)/t22-,23?,24+,26-,27-,28-/m0/s1. The van der Waals surface area contributed by atoms with E-state index in [2.05, 4.69) is 41.4 Å². The number of rotatable bonds is 14. The lowest BCUT2D eigenvalue weighted by Gasteiger charge is -2.41. The largest absolute Gasteiger partial charge is 0.493 e. The molecule has 3 fully saturated rings. The number of amides is 5. The molecule has 0 bridgehead atoms. The Morgan fingerprint density at radius 1 is 1.14 bits per heavy atom. The van der Waals surface area contributed by atoms with Gasteiger partial charge in [0.25, 0.3) is 5.91 Å². The Bertz CT molecular complexity index is 1500. The molecule has 0 radical (unpaired) electrons. The third-order valence-corrected chi connectivity index (χ3v) is 11.3. The number of carbonyl (C=O) groups excluding carboxylic acids is 5. The number of likely N-dealkylation sites (N-methyl/N-ethyl adjacent to an activating group) is 1. The Hall–Kier alpha value is -4.10. The molecule has 2 aliphatic carbocycles. The number of ketones is 1. The molecular formula is C36H57N7O7. The summed E-state index contributed by atoms with van der Waals surface area (Å²) in [6.07, 6.45) is 7.82. The maximum Gasteiger partial charge on any atom is 0.328 e. The molecule has 5 N–H and O–H groups in total. The van der Waals surface area contributed by atoms with E-state index in [1.807, 2.05) is 27.7 Å². The van der Waals surface area contributed by atoms with Gasteiger partial charge in [0, 0.05) is 20.1 Å². The maximum atomic E-state index is 14.7. The van der Waals surface area contributed by atoms with Crippen molar-refractivity contribution in [2.75, 3.05) is 20.1 Å². The van der Waals surface area contributed by atoms with E-state index in [1.165, 1.54) is 21.7 Å². The number of likely N-dealkylation sites (tertiary alicyclic amines) is 1. The van der Waals surface area contributed by atoms with Crippen molar-refractivity contribution >= 4 is 29.5 Å². The van der Waals surface area contributed by atoms with Crippen molar-refractivity contribution < 1.29 is 29.1 Å². The number of imidazole rings is 1. The molecule has 1 aromatic heterocycles. The van der Waals surface area contributed by atoms with Crippen LogP contribution in [-0.2, 0) is 25.7 Å². The number of aromatic nitrogens is 2. The van der Waals surface area contributed by atoms with Gasteiger partial charge in [-0.05, 0) is 47.8 Å². The summed E-state index contributed by atoms with van der Waals surface area (Å²) in [4.78, 5) is 86.3. The first kappa shape index (κ1) is 38.7. The Labute approximate surface area is 294 Å². The SMILES string of the molecule is C=CCNC(=O)C(=O)C(CCC)NC(=O)[C@@H]1[C@@H]2[C@H](CN1C(=O)[C@@H](NC(=O)N(C)[C@H](Cn1c(O)c[nH]c1=O)C(C)(C)C)C1CCCCC1)C2(C)C. The zero-order valence-electron chi connectivity index (χ0n) is 30.7. The van der Waals surface area contributed by atoms with E-state index in [9.17, 15) is 33.9 Å². The zero-order valence-corrected chi connectivity index (χ0v) is 30.7. The maximum absolute atomic E-state index is 14.7. The predicted molar refractivity (Wildman–Crippen MR) is 188 cm³/mol. The van der Waals surface area contributed by atoms with Crippen LogP contribution in [0.5, 0.6) is 5.88 Å². The Balaban J connectivity index is 1.59. The van der Waals surface area contributed by atoms with Crippen molar-refractivity contribution in [3.8, 4) is 5.88 Å². The molecule has 14 heteroatoms. The molecule has 0 aromatic carbocycles. The first-order chi connectivity index (χ1) is 23.4. The number of aromatic amines is 1. The number of urea groups is 1. The normalized spacial score (nSPS) is 23.2. The zero-order chi connectivity index (χ0) is 37.1. The number of carbonyl (C=O) groups is 5. The first-order valence-corrected chi connectivity index (χ1v) is 18.0. The summed E-state index contributed by atoms with van der Waals surface area (Å²) >= 11 is 0. The van der Waals surface area contributed by atoms with Crippen molar-refractivity contribution in [2.45, 2.75) is 117 Å². The minimum Gasteiger partial charge on any atom is -0.493 e. The van der Waals surface area contributed by atoms with Gasteiger partial charge in [-0.1, -0.05) is 73.3 Å². The second kappa shape index (κ2) is 15.4. The molecule has 0 spiro atoms. The number of H-pyrrole nitrogens is 1. The van der Waals surface area contributed by atoms with Gasteiger partial charge in [-0.15, -0.1) is 6.58 Å². The molecule has 2 saturated carbocycles. The molecule has 5 amide bonds. The van der Waals surface area contributed by atoms with Gasteiger partial charge in [0.05, 0.1) is 24.8 Å². The van der Waals surface area contributed by atoms with Crippen molar-refractivity contribution in [1.82, 2.24) is 35.3 Å². The number of nitrogens with one attached hydrogen (secondary N) is 4. The highest BCUT2D eigenvalue weighted by Gasteiger charge is 2.69. The van der Waals surface area contributed by atoms with Gasteiger partial charge in [0.15, 0.2) is 0 Å². The lowest BCUT2D eigenvalue weighted by molar-refractivity contribution is -0.144. The minimum absolute atomic E-state index is 0.0275. The van der Waals surface area contributed by atoms with Crippen LogP contribution in [0.4, 0.5) is 4.79 Å². The van der Waals surface area contributed by atoms with Crippen LogP contribution in [0.1, 0.15) is 86.5 Å². The van der Waals surface area contributed by atoms with Crippen molar-refractivity contribution in [3.05, 3.63) is 29.3 Å². The fourth-order valence-electron chi connectivity index (χ4n) is 8.15. The number of piperidine rings is 1. The monoisotopic (exact) mass is 699 g/mol. The van der Waals surface area contributed by atoms with E-state index in [4.69, 9.17) is 0 Å². The molecule has 1 aromatic rings. The summed E-state index contributed by atoms with van der Waals surface area (Å²) in [5.41, 5.74) is -1.21. The third-order valence-electron chi connectivity index (χ3n) is 11.3. The number of aromatic hydroxyl groups is 1. The Morgan fingerprint density at radius 2 is 1.80 bits per heavy atom. The van der Waals surface area contributed by atoms with Crippen molar-refractivity contribution in [3.63, 3.8) is 0 Å². The average molecular weight is 700 g/mol. The molecule has 1 aliphatic heterocycles. The number of fused-ring (bicyclic) bond motifs is 1. The second-order valence-corrected chi connectivity index (χ2v) is 16.0. The van der Waals surface area contributed by atoms with Gasteiger partial charge in [-0.25, -0.2) is 9.59 Å². The van der Waals surface area contributed by atoms with E-state index in [-0.39, 0.29) is 54.5 Å². The average Bonchev–Trinajstić information content (AvgIpc) is 3.34. The quantitative estimate of drug-likeness (QED) is 0.146. The predicted octanol–water partition coefficient (Wildman–Crippen LogP) is 2.53. The number of Topliss-reactive ketones (excluding diaryl/α,β-unsaturated/α-hetero) is 1. The minimum atomic E-state index is -1.04. The highest BCUT2D eigenvalue weighted by Crippen LogP contribution is 2.65. The van der Waals surface area contributed by atoms with Gasteiger partial charge >= 0.3 is 11.7 Å². The fraction of sp³-hybridized carbons (Fsp3) is 0.722. The molecule has 14 nitrogen and oxygen atoms in total. The van der Waals surface area contributed by atoms with Crippen LogP contribution in [0.3, 0.4) is 0 Å². The fourth-order valence-corrected chi connectivity index (χ4v) is 8.15. The van der Waals surface area contributed by atoms with E-state index in [0.29, 0.717) is 13.0 Å². The Morgan fingerprint density at radius 3 is 2.36 bits per heavy atom. The number of nitrogens with zero attached hydrogens (tertiary/aromatic N) is 3. The summed E-state index contributed by atoms with van der Waals surface area (Å²) in [6, 6.07) is -3.85. The highest BCUT2D eigenvalue weighted by atomic mass is 16.3. The van der Waals surface area contributed by atoms with Crippen LogP contribution in [-0.4, -0.2) is 98.3 Å². The molecule has 6 atom stereocenters. The van der Waals surface area contributed by atoms with E-state index in [1.54, 1.807) is 11.9 Å². The van der Waals surface area contributed by atoms with Gasteiger partial charge < -0.3 is 35.8 Å². The number of hydrogen-bond acceptors (Lipinski definition) is 7. The van der Waals surface area contributed by atoms with Gasteiger partial charge in [-0.3, -0.25) is 23.7 Å². The smallest absolute Gasteiger partial charge is 0.328 e. The van der Waals surface area contributed by atoms with Crippen LogP contribution in [0.2, 0.25) is 0 Å². The first-order valence-electron chi connectivity index (χ1n) is 18.0. The van der Waals surface area contributed by atoms with Crippen LogP contribution in [0.15, 0.2) is 23.6 Å². The molecule has 2 heterocycles. The summed E-state index contributed by atoms with van der Waals surface area (Å²) in [5.74, 6) is -2.82. The topological polar surface area (TPSA) is 186 Å².